The first-order chi connectivity index (χ1) is 13.8. The van der Waals surface area contributed by atoms with Gasteiger partial charge in [0.05, 0.1) is 6.04 Å². The predicted molar refractivity (Wildman–Crippen MR) is 112 cm³/mol. The van der Waals surface area contributed by atoms with Crippen LogP contribution in [0.3, 0.4) is 0 Å². The van der Waals surface area contributed by atoms with E-state index in [2.05, 4.69) is 11.1 Å². The number of hydrogen-bond acceptors (Lipinski definition) is 4. The summed E-state index contributed by atoms with van der Waals surface area (Å²) >= 11 is 1.91. The summed E-state index contributed by atoms with van der Waals surface area (Å²) in [4.78, 5) is 19.4. The maximum atomic E-state index is 12.8. The molecule has 0 N–H and O–H groups in total. The Morgan fingerprint density at radius 1 is 1.04 bits per heavy atom. The van der Waals surface area contributed by atoms with Crippen molar-refractivity contribution in [3.63, 3.8) is 0 Å². The molecule has 0 spiro atoms. The number of pyridine rings is 1. The van der Waals surface area contributed by atoms with E-state index in [1.54, 1.807) is 0 Å². The minimum Gasteiger partial charge on any atom is -0.445 e. The average Bonchev–Trinajstić information content (AvgIpc) is 3.24. The Hall–Kier alpha value is -2.01. The first-order valence-electron chi connectivity index (χ1n) is 10.4. The van der Waals surface area contributed by atoms with E-state index in [0.29, 0.717) is 11.9 Å². The van der Waals surface area contributed by atoms with E-state index < -0.39 is 0 Å². The SMILES string of the molecule is O=C(OCc1ccccc1)N1CCC[C@H]1c1cccnc1SC1CCCCC1. The number of amides is 1. The van der Waals surface area contributed by atoms with Crippen molar-refractivity contribution in [1.82, 2.24) is 9.88 Å². The van der Waals surface area contributed by atoms with E-state index in [1.165, 1.54) is 37.7 Å². The van der Waals surface area contributed by atoms with Crippen molar-refractivity contribution in [3.05, 3.63) is 59.8 Å². The zero-order chi connectivity index (χ0) is 19.2. The van der Waals surface area contributed by atoms with Crippen LogP contribution in [0.2, 0.25) is 0 Å². The Bertz CT molecular complexity index is 777. The number of carbonyl (C=O) groups excluding carboxylic acids is 1. The van der Waals surface area contributed by atoms with Crippen molar-refractivity contribution in [3.8, 4) is 0 Å². The predicted octanol–water partition coefficient (Wildman–Crippen LogP) is 5.98. The van der Waals surface area contributed by atoms with Crippen molar-refractivity contribution < 1.29 is 9.53 Å². The summed E-state index contributed by atoms with van der Waals surface area (Å²) in [6, 6.07) is 14.1. The van der Waals surface area contributed by atoms with Crippen molar-refractivity contribution >= 4 is 17.9 Å². The third-order valence-electron chi connectivity index (χ3n) is 5.68. The molecule has 2 fully saturated rings. The molecule has 2 aromatic rings. The number of carbonyl (C=O) groups is 1. The minimum atomic E-state index is -0.219. The normalized spacial score (nSPS) is 20.3. The Morgan fingerprint density at radius 2 is 1.86 bits per heavy atom. The van der Waals surface area contributed by atoms with Gasteiger partial charge in [0.1, 0.15) is 11.6 Å². The molecular formula is C23H28N2O2S. The molecule has 1 aromatic heterocycles. The van der Waals surface area contributed by atoms with Gasteiger partial charge in [-0.1, -0.05) is 55.7 Å². The molecule has 1 aliphatic heterocycles. The smallest absolute Gasteiger partial charge is 0.410 e. The summed E-state index contributed by atoms with van der Waals surface area (Å²) in [6.07, 6.45) is 10.2. The van der Waals surface area contributed by atoms with Crippen molar-refractivity contribution in [2.45, 2.75) is 67.9 Å². The van der Waals surface area contributed by atoms with Crippen LogP contribution in [0.1, 0.15) is 62.1 Å². The summed E-state index contributed by atoms with van der Waals surface area (Å²) in [5.74, 6) is 0. The van der Waals surface area contributed by atoms with Crippen LogP contribution < -0.4 is 0 Å². The first-order valence-corrected chi connectivity index (χ1v) is 11.3. The van der Waals surface area contributed by atoms with Gasteiger partial charge in [0.15, 0.2) is 0 Å². The second-order valence-corrected chi connectivity index (χ2v) is 8.96. The van der Waals surface area contributed by atoms with Gasteiger partial charge < -0.3 is 9.64 Å². The molecule has 148 valence electrons. The highest BCUT2D eigenvalue weighted by atomic mass is 32.2. The number of thioether (sulfide) groups is 1. The second-order valence-electron chi connectivity index (χ2n) is 7.67. The lowest BCUT2D eigenvalue weighted by Gasteiger charge is -2.27. The van der Waals surface area contributed by atoms with Crippen LogP contribution in [-0.2, 0) is 11.3 Å². The van der Waals surface area contributed by atoms with Gasteiger partial charge in [-0.15, -0.1) is 11.8 Å². The van der Waals surface area contributed by atoms with Crippen LogP contribution in [0, 0.1) is 0 Å². The van der Waals surface area contributed by atoms with Crippen LogP contribution in [0.5, 0.6) is 0 Å². The van der Waals surface area contributed by atoms with Gasteiger partial charge >= 0.3 is 6.09 Å². The van der Waals surface area contributed by atoms with Crippen molar-refractivity contribution in [2.75, 3.05) is 6.54 Å². The molecule has 1 atom stereocenters. The Kier molecular flexibility index (Phi) is 6.53. The molecule has 0 bridgehead atoms. The third-order valence-corrected chi connectivity index (χ3v) is 7.05. The average molecular weight is 397 g/mol. The molecule has 1 saturated carbocycles. The number of benzene rings is 1. The second kappa shape index (κ2) is 9.46. The number of rotatable bonds is 5. The fraction of sp³-hybridized carbons (Fsp3) is 0.478. The van der Waals surface area contributed by atoms with Crippen LogP contribution >= 0.6 is 11.8 Å². The summed E-state index contributed by atoms with van der Waals surface area (Å²) < 4.78 is 5.61. The van der Waals surface area contributed by atoms with Gasteiger partial charge in [-0.25, -0.2) is 9.78 Å². The topological polar surface area (TPSA) is 42.4 Å². The molecule has 1 saturated heterocycles. The quantitative estimate of drug-likeness (QED) is 0.623. The Morgan fingerprint density at radius 3 is 2.68 bits per heavy atom. The molecule has 1 aliphatic carbocycles. The van der Waals surface area contributed by atoms with Gasteiger partial charge in [-0.05, 0) is 37.3 Å². The molecule has 1 aromatic carbocycles. The molecule has 5 heteroatoms. The minimum absolute atomic E-state index is 0.0723. The molecule has 2 aliphatic rings. The molecule has 0 unspecified atom stereocenters. The fourth-order valence-corrected chi connectivity index (χ4v) is 5.55. The highest BCUT2D eigenvalue weighted by Crippen LogP contribution is 2.40. The van der Waals surface area contributed by atoms with E-state index in [0.717, 1.165) is 30.0 Å². The van der Waals surface area contributed by atoms with Crippen molar-refractivity contribution in [2.24, 2.45) is 0 Å². The molecule has 4 nitrogen and oxygen atoms in total. The number of likely N-dealkylation sites (tertiary alicyclic amines) is 1. The maximum Gasteiger partial charge on any atom is 0.410 e. The van der Waals surface area contributed by atoms with Gasteiger partial charge in [0.25, 0.3) is 0 Å². The molecule has 2 heterocycles. The van der Waals surface area contributed by atoms with Crippen LogP contribution in [0.25, 0.3) is 0 Å². The molecular weight excluding hydrogens is 368 g/mol. The van der Waals surface area contributed by atoms with Gasteiger partial charge in [0, 0.05) is 23.6 Å². The zero-order valence-electron chi connectivity index (χ0n) is 16.3. The number of hydrogen-bond donors (Lipinski definition) is 0. The molecule has 1 amide bonds. The number of nitrogens with zero attached hydrogens (tertiary/aromatic N) is 2. The highest BCUT2D eigenvalue weighted by Gasteiger charge is 2.33. The standard InChI is InChI=1S/C23H28N2O2S/c26-23(27-17-18-9-3-1-4-10-18)25-16-8-14-21(25)20-13-7-15-24-22(20)28-19-11-5-2-6-12-19/h1,3-4,7,9-10,13,15,19,21H,2,5-6,8,11-12,14,16-17H2/t21-/m0/s1. The first kappa shape index (κ1) is 19.3. The largest absolute Gasteiger partial charge is 0.445 e. The Labute approximate surface area is 171 Å². The number of aromatic nitrogens is 1. The lowest BCUT2D eigenvalue weighted by molar-refractivity contribution is 0.0916. The van der Waals surface area contributed by atoms with Crippen LogP contribution in [0.4, 0.5) is 4.79 Å². The lowest BCUT2D eigenvalue weighted by Crippen LogP contribution is -2.31. The van der Waals surface area contributed by atoms with E-state index in [-0.39, 0.29) is 12.1 Å². The lowest BCUT2D eigenvalue weighted by atomic mass is 10.0. The zero-order valence-corrected chi connectivity index (χ0v) is 17.1. The summed E-state index contributed by atoms with van der Waals surface area (Å²) in [6.45, 7) is 1.07. The van der Waals surface area contributed by atoms with Gasteiger partial charge in [0.2, 0.25) is 0 Å². The monoisotopic (exact) mass is 396 g/mol. The number of ether oxygens (including phenoxy) is 1. The van der Waals surface area contributed by atoms with Gasteiger partial charge in [-0.2, -0.15) is 0 Å². The summed E-state index contributed by atoms with van der Waals surface area (Å²) in [7, 11) is 0. The highest BCUT2D eigenvalue weighted by molar-refractivity contribution is 7.99. The summed E-state index contributed by atoms with van der Waals surface area (Å²) in [5, 5.41) is 1.75. The Balaban J connectivity index is 1.44. The van der Waals surface area contributed by atoms with E-state index in [9.17, 15) is 4.79 Å². The van der Waals surface area contributed by atoms with E-state index in [4.69, 9.17) is 4.74 Å². The summed E-state index contributed by atoms with van der Waals surface area (Å²) in [5.41, 5.74) is 2.20. The maximum absolute atomic E-state index is 12.8. The van der Waals surface area contributed by atoms with E-state index >= 15 is 0 Å². The molecule has 28 heavy (non-hydrogen) atoms. The molecule has 0 radical (unpaired) electrons. The van der Waals surface area contributed by atoms with Crippen LogP contribution in [0.15, 0.2) is 53.7 Å². The fourth-order valence-electron chi connectivity index (χ4n) is 4.21. The van der Waals surface area contributed by atoms with Crippen LogP contribution in [-0.4, -0.2) is 27.8 Å². The van der Waals surface area contributed by atoms with Crippen molar-refractivity contribution in [1.29, 1.82) is 0 Å². The van der Waals surface area contributed by atoms with Gasteiger partial charge in [-0.3, -0.25) is 0 Å². The molecule has 4 rings (SSSR count). The van der Waals surface area contributed by atoms with E-state index in [1.807, 2.05) is 59.3 Å². The third kappa shape index (κ3) is 4.69.